The van der Waals surface area contributed by atoms with E-state index in [4.69, 9.17) is 0 Å². The van der Waals surface area contributed by atoms with Crippen molar-refractivity contribution < 1.29 is 4.79 Å². The lowest BCUT2D eigenvalue weighted by atomic mass is 9.86. The van der Waals surface area contributed by atoms with Gasteiger partial charge in [-0.1, -0.05) is 37.3 Å². The van der Waals surface area contributed by atoms with Crippen molar-refractivity contribution >= 4 is 5.91 Å². The summed E-state index contributed by atoms with van der Waals surface area (Å²) >= 11 is 0. The minimum atomic E-state index is 0.316. The van der Waals surface area contributed by atoms with Gasteiger partial charge in [-0.3, -0.25) is 4.79 Å². The van der Waals surface area contributed by atoms with Gasteiger partial charge in [-0.25, -0.2) is 4.68 Å². The van der Waals surface area contributed by atoms with E-state index in [1.807, 2.05) is 15.8 Å². The molecule has 1 aromatic rings. The van der Waals surface area contributed by atoms with Crippen LogP contribution in [0, 0.1) is 5.92 Å². The number of likely N-dealkylation sites (tertiary alicyclic amines) is 1. The van der Waals surface area contributed by atoms with Gasteiger partial charge in [-0.2, -0.15) is 0 Å². The van der Waals surface area contributed by atoms with Crippen LogP contribution in [0.1, 0.15) is 57.4 Å². The second-order valence-corrected chi connectivity index (χ2v) is 6.21. The van der Waals surface area contributed by atoms with Crippen LogP contribution in [0.4, 0.5) is 0 Å². The maximum Gasteiger partial charge on any atom is 0.222 e. The summed E-state index contributed by atoms with van der Waals surface area (Å²) < 4.78 is 1.88. The zero-order valence-corrected chi connectivity index (χ0v) is 12.1. The van der Waals surface area contributed by atoms with Crippen LogP contribution >= 0.6 is 0 Å². The summed E-state index contributed by atoms with van der Waals surface area (Å²) in [6.45, 7) is 1.67. The highest BCUT2D eigenvalue weighted by Crippen LogP contribution is 2.28. The summed E-state index contributed by atoms with van der Waals surface area (Å²) in [6.07, 6.45) is 13.2. The monoisotopic (exact) mass is 276 g/mol. The Balaban J connectivity index is 1.44. The fraction of sp³-hybridized carbons (Fsp3) is 0.800. The van der Waals surface area contributed by atoms with Gasteiger partial charge in [-0.05, 0) is 18.8 Å². The Kier molecular flexibility index (Phi) is 4.33. The molecule has 0 unspecified atom stereocenters. The van der Waals surface area contributed by atoms with E-state index >= 15 is 0 Å². The predicted octanol–water partition coefficient (Wildman–Crippen LogP) is 2.41. The highest BCUT2D eigenvalue weighted by atomic mass is 16.2. The largest absolute Gasteiger partial charge is 0.340 e. The van der Waals surface area contributed by atoms with Gasteiger partial charge in [0.1, 0.15) is 0 Å². The number of carbonyl (C=O) groups is 1. The van der Waals surface area contributed by atoms with E-state index < -0.39 is 0 Å². The summed E-state index contributed by atoms with van der Waals surface area (Å²) in [7, 11) is 0. The van der Waals surface area contributed by atoms with E-state index in [1.165, 1.54) is 32.1 Å². The first-order valence-electron chi connectivity index (χ1n) is 7.96. The minimum Gasteiger partial charge on any atom is -0.340 e. The third kappa shape index (κ3) is 3.19. The Labute approximate surface area is 120 Å². The summed E-state index contributed by atoms with van der Waals surface area (Å²) in [5, 5.41) is 7.88. The summed E-state index contributed by atoms with van der Waals surface area (Å²) in [6, 6.07) is 0.316. The molecule has 2 fully saturated rings. The van der Waals surface area contributed by atoms with Crippen molar-refractivity contribution in [3.63, 3.8) is 0 Å². The third-order valence-corrected chi connectivity index (χ3v) is 4.82. The average molecular weight is 276 g/mol. The molecular formula is C15H24N4O. The minimum absolute atomic E-state index is 0.316. The molecule has 1 aliphatic carbocycles. The molecular weight excluding hydrogens is 252 g/mol. The van der Waals surface area contributed by atoms with Gasteiger partial charge >= 0.3 is 0 Å². The van der Waals surface area contributed by atoms with Crippen molar-refractivity contribution in [3.05, 3.63) is 12.4 Å². The number of hydrogen-bond acceptors (Lipinski definition) is 3. The van der Waals surface area contributed by atoms with Crippen LogP contribution in [0.2, 0.25) is 0 Å². The molecule has 0 spiro atoms. The average Bonchev–Trinajstić information content (AvgIpc) is 3.16. The standard InChI is InChI=1S/C15H24N4O/c20-15(7-6-13-4-2-1-3-5-13)18-10-8-14(12-18)19-11-9-16-17-19/h9,11,13-14H,1-8,10,12H2/t14-/m1/s1. The Bertz CT molecular complexity index is 425. The zero-order valence-electron chi connectivity index (χ0n) is 12.1. The van der Waals surface area contributed by atoms with Gasteiger partial charge in [-0.15, -0.1) is 5.10 Å². The first-order chi connectivity index (χ1) is 9.83. The number of hydrogen-bond donors (Lipinski definition) is 0. The molecule has 0 aromatic carbocycles. The Morgan fingerprint density at radius 3 is 2.80 bits per heavy atom. The molecule has 1 aromatic heterocycles. The molecule has 3 rings (SSSR count). The van der Waals surface area contributed by atoms with Crippen molar-refractivity contribution in [3.8, 4) is 0 Å². The molecule has 0 radical (unpaired) electrons. The van der Waals surface area contributed by atoms with Crippen LogP contribution in [-0.4, -0.2) is 38.9 Å². The predicted molar refractivity (Wildman–Crippen MR) is 76.1 cm³/mol. The van der Waals surface area contributed by atoms with Gasteiger partial charge in [0.15, 0.2) is 0 Å². The molecule has 1 atom stereocenters. The number of amides is 1. The molecule has 1 saturated carbocycles. The number of aromatic nitrogens is 3. The summed E-state index contributed by atoms with van der Waals surface area (Å²) in [4.78, 5) is 14.3. The van der Waals surface area contributed by atoms with E-state index in [-0.39, 0.29) is 0 Å². The highest BCUT2D eigenvalue weighted by Gasteiger charge is 2.28. The molecule has 0 N–H and O–H groups in total. The van der Waals surface area contributed by atoms with Gasteiger partial charge in [0.2, 0.25) is 5.91 Å². The normalized spacial score (nSPS) is 24.2. The lowest BCUT2D eigenvalue weighted by Crippen LogP contribution is -2.29. The van der Waals surface area contributed by atoms with Crippen LogP contribution in [0.3, 0.4) is 0 Å². The summed E-state index contributed by atoms with van der Waals surface area (Å²) in [5.41, 5.74) is 0. The smallest absolute Gasteiger partial charge is 0.222 e. The molecule has 110 valence electrons. The summed E-state index contributed by atoms with van der Waals surface area (Å²) in [5.74, 6) is 1.12. The molecule has 0 bridgehead atoms. The van der Waals surface area contributed by atoms with Gasteiger partial charge in [0.05, 0.1) is 12.2 Å². The van der Waals surface area contributed by atoms with Crippen LogP contribution in [0.15, 0.2) is 12.4 Å². The molecule has 1 aliphatic heterocycles. The van der Waals surface area contributed by atoms with E-state index in [0.29, 0.717) is 11.9 Å². The molecule has 1 amide bonds. The van der Waals surface area contributed by atoms with Crippen molar-refractivity contribution in [2.24, 2.45) is 5.92 Å². The molecule has 5 nitrogen and oxygen atoms in total. The van der Waals surface area contributed by atoms with Crippen molar-refractivity contribution in [1.29, 1.82) is 0 Å². The Hall–Kier alpha value is -1.39. The quantitative estimate of drug-likeness (QED) is 0.848. The maximum absolute atomic E-state index is 12.3. The van der Waals surface area contributed by atoms with E-state index in [1.54, 1.807) is 6.20 Å². The molecule has 1 saturated heterocycles. The first-order valence-corrected chi connectivity index (χ1v) is 7.96. The number of carbonyl (C=O) groups excluding carboxylic acids is 1. The van der Waals surface area contributed by atoms with Crippen LogP contribution in [0.5, 0.6) is 0 Å². The van der Waals surface area contributed by atoms with Crippen LogP contribution in [-0.2, 0) is 4.79 Å². The fourth-order valence-corrected chi connectivity index (χ4v) is 3.56. The van der Waals surface area contributed by atoms with Gasteiger partial charge < -0.3 is 4.90 Å². The maximum atomic E-state index is 12.3. The second-order valence-electron chi connectivity index (χ2n) is 6.21. The second kappa shape index (κ2) is 6.37. The molecule has 2 aliphatic rings. The van der Waals surface area contributed by atoms with Crippen molar-refractivity contribution in [2.45, 2.75) is 57.4 Å². The van der Waals surface area contributed by atoms with Gasteiger partial charge in [0.25, 0.3) is 0 Å². The third-order valence-electron chi connectivity index (χ3n) is 4.82. The van der Waals surface area contributed by atoms with Crippen LogP contribution in [0.25, 0.3) is 0 Å². The number of rotatable bonds is 4. The zero-order chi connectivity index (χ0) is 13.8. The van der Waals surface area contributed by atoms with Crippen molar-refractivity contribution in [2.75, 3.05) is 13.1 Å². The fourth-order valence-electron chi connectivity index (χ4n) is 3.56. The SMILES string of the molecule is O=C(CCC1CCCCC1)N1CC[C@@H](n2ccnn2)C1. The number of nitrogens with zero attached hydrogens (tertiary/aromatic N) is 4. The Morgan fingerprint density at radius 1 is 1.20 bits per heavy atom. The van der Waals surface area contributed by atoms with Crippen molar-refractivity contribution in [1.82, 2.24) is 19.9 Å². The topological polar surface area (TPSA) is 51.0 Å². The molecule has 5 heteroatoms. The lowest BCUT2D eigenvalue weighted by Gasteiger charge is -2.22. The van der Waals surface area contributed by atoms with E-state index in [9.17, 15) is 4.79 Å². The van der Waals surface area contributed by atoms with E-state index in [2.05, 4.69) is 10.3 Å². The van der Waals surface area contributed by atoms with Gasteiger partial charge in [0, 0.05) is 25.7 Å². The lowest BCUT2D eigenvalue weighted by molar-refractivity contribution is -0.130. The molecule has 2 heterocycles. The van der Waals surface area contributed by atoms with E-state index in [0.717, 1.165) is 38.3 Å². The Morgan fingerprint density at radius 2 is 2.05 bits per heavy atom. The first kappa shape index (κ1) is 13.6. The molecule has 20 heavy (non-hydrogen) atoms. The van der Waals surface area contributed by atoms with Crippen LogP contribution < -0.4 is 0 Å². The highest BCUT2D eigenvalue weighted by molar-refractivity contribution is 5.76.